The number of benzene rings is 1. The van der Waals surface area contributed by atoms with Gasteiger partial charge in [-0.15, -0.1) is 0 Å². The zero-order chi connectivity index (χ0) is 13.2. The molecule has 0 spiro atoms. The molecule has 2 rings (SSSR count). The summed E-state index contributed by atoms with van der Waals surface area (Å²) in [6, 6.07) is 2.45. The van der Waals surface area contributed by atoms with Crippen LogP contribution in [-0.2, 0) is 0 Å². The Hall–Kier alpha value is -1.32. The minimum absolute atomic E-state index is 0.106. The molecule has 1 saturated carbocycles. The SMILES string of the molecule is CCC1(CNc2c(N)ccc(F)c2F)CCCC1. The molecule has 1 aromatic carbocycles. The van der Waals surface area contributed by atoms with Gasteiger partial charge in [-0.1, -0.05) is 19.8 Å². The highest BCUT2D eigenvalue weighted by atomic mass is 19.2. The maximum Gasteiger partial charge on any atom is 0.183 e. The van der Waals surface area contributed by atoms with Gasteiger partial charge in [0.25, 0.3) is 0 Å². The lowest BCUT2D eigenvalue weighted by Gasteiger charge is -2.28. The smallest absolute Gasteiger partial charge is 0.183 e. The summed E-state index contributed by atoms with van der Waals surface area (Å²) in [5.41, 5.74) is 6.27. The molecule has 3 N–H and O–H groups in total. The van der Waals surface area contributed by atoms with E-state index in [1.54, 1.807) is 0 Å². The zero-order valence-electron chi connectivity index (χ0n) is 10.7. The van der Waals surface area contributed by atoms with E-state index in [-0.39, 0.29) is 16.8 Å². The lowest BCUT2D eigenvalue weighted by Crippen LogP contribution is -2.26. The summed E-state index contributed by atoms with van der Waals surface area (Å²) in [5.74, 6) is -1.73. The maximum atomic E-state index is 13.6. The average Bonchev–Trinajstić information content (AvgIpc) is 2.84. The molecular weight excluding hydrogens is 234 g/mol. The minimum Gasteiger partial charge on any atom is -0.397 e. The van der Waals surface area contributed by atoms with E-state index in [0.717, 1.165) is 25.3 Å². The van der Waals surface area contributed by atoms with Crippen LogP contribution >= 0.6 is 0 Å². The zero-order valence-corrected chi connectivity index (χ0v) is 10.7. The van der Waals surface area contributed by atoms with E-state index in [1.807, 2.05) is 0 Å². The number of anilines is 2. The summed E-state index contributed by atoms with van der Waals surface area (Å²) in [6.45, 7) is 2.81. The van der Waals surface area contributed by atoms with Crippen LogP contribution in [0.1, 0.15) is 39.0 Å². The Kier molecular flexibility index (Phi) is 3.73. The Labute approximate surface area is 107 Å². The van der Waals surface area contributed by atoms with E-state index < -0.39 is 11.6 Å². The molecule has 4 heteroatoms. The van der Waals surface area contributed by atoms with Crippen molar-refractivity contribution in [3.05, 3.63) is 23.8 Å². The third-order valence-corrected chi connectivity index (χ3v) is 4.18. The molecule has 1 aliphatic carbocycles. The first-order valence-corrected chi connectivity index (χ1v) is 6.55. The highest BCUT2D eigenvalue weighted by Gasteiger charge is 2.32. The number of hydrogen-bond acceptors (Lipinski definition) is 2. The fourth-order valence-corrected chi connectivity index (χ4v) is 2.80. The lowest BCUT2D eigenvalue weighted by atomic mass is 9.83. The molecule has 0 unspecified atom stereocenters. The van der Waals surface area contributed by atoms with E-state index in [4.69, 9.17) is 5.73 Å². The molecule has 0 aliphatic heterocycles. The number of halogens is 2. The molecule has 1 aromatic rings. The first-order valence-electron chi connectivity index (χ1n) is 6.55. The van der Waals surface area contributed by atoms with Crippen molar-refractivity contribution in [2.24, 2.45) is 5.41 Å². The van der Waals surface area contributed by atoms with E-state index in [1.165, 1.54) is 18.9 Å². The van der Waals surface area contributed by atoms with Crippen LogP contribution in [0, 0.1) is 17.0 Å². The van der Waals surface area contributed by atoms with Crippen molar-refractivity contribution in [1.82, 2.24) is 0 Å². The Morgan fingerprint density at radius 1 is 1.28 bits per heavy atom. The summed E-state index contributed by atoms with van der Waals surface area (Å²) >= 11 is 0. The standard InChI is InChI=1S/C14H20F2N2/c1-2-14(7-3-4-8-14)9-18-13-11(17)6-5-10(15)12(13)16/h5-6,18H,2-4,7-9,17H2,1H3. The fraction of sp³-hybridized carbons (Fsp3) is 0.571. The predicted octanol–water partition coefficient (Wildman–Crippen LogP) is 3.93. The molecule has 1 aliphatic rings. The third-order valence-electron chi connectivity index (χ3n) is 4.18. The second kappa shape index (κ2) is 5.12. The van der Waals surface area contributed by atoms with Crippen LogP contribution in [0.4, 0.5) is 20.2 Å². The van der Waals surface area contributed by atoms with Gasteiger partial charge in [0.15, 0.2) is 11.6 Å². The Morgan fingerprint density at radius 2 is 1.94 bits per heavy atom. The second-order valence-corrected chi connectivity index (χ2v) is 5.24. The van der Waals surface area contributed by atoms with Gasteiger partial charge < -0.3 is 11.1 Å². The van der Waals surface area contributed by atoms with E-state index in [2.05, 4.69) is 12.2 Å². The second-order valence-electron chi connectivity index (χ2n) is 5.24. The Bertz CT molecular complexity index is 426. The van der Waals surface area contributed by atoms with E-state index in [0.29, 0.717) is 6.54 Å². The van der Waals surface area contributed by atoms with Gasteiger partial charge in [-0.25, -0.2) is 8.78 Å². The fourth-order valence-electron chi connectivity index (χ4n) is 2.80. The molecule has 0 saturated heterocycles. The van der Waals surface area contributed by atoms with Crippen LogP contribution in [0.15, 0.2) is 12.1 Å². The summed E-state index contributed by atoms with van der Waals surface area (Å²) in [4.78, 5) is 0. The molecule has 2 nitrogen and oxygen atoms in total. The predicted molar refractivity (Wildman–Crippen MR) is 70.5 cm³/mol. The molecule has 0 aromatic heterocycles. The van der Waals surface area contributed by atoms with Gasteiger partial charge in [-0.2, -0.15) is 0 Å². The number of nitrogen functional groups attached to an aromatic ring is 1. The van der Waals surface area contributed by atoms with Crippen LogP contribution in [0.5, 0.6) is 0 Å². The van der Waals surface area contributed by atoms with Gasteiger partial charge in [0.05, 0.1) is 11.4 Å². The monoisotopic (exact) mass is 254 g/mol. The minimum atomic E-state index is -0.876. The van der Waals surface area contributed by atoms with E-state index >= 15 is 0 Å². The van der Waals surface area contributed by atoms with Crippen molar-refractivity contribution < 1.29 is 8.78 Å². The number of hydrogen-bond donors (Lipinski definition) is 2. The summed E-state index contributed by atoms with van der Waals surface area (Å²) in [6.07, 6.45) is 5.78. The largest absolute Gasteiger partial charge is 0.397 e. The topological polar surface area (TPSA) is 38.0 Å². The lowest BCUT2D eigenvalue weighted by molar-refractivity contribution is 0.306. The summed E-state index contributed by atoms with van der Waals surface area (Å²) in [7, 11) is 0. The third kappa shape index (κ3) is 2.42. The Balaban J connectivity index is 2.12. The van der Waals surface area contributed by atoms with E-state index in [9.17, 15) is 8.78 Å². The van der Waals surface area contributed by atoms with Gasteiger partial charge in [0, 0.05) is 6.54 Å². The Morgan fingerprint density at radius 3 is 2.56 bits per heavy atom. The number of nitrogens with one attached hydrogen (secondary N) is 1. The van der Waals surface area contributed by atoms with Crippen molar-refractivity contribution >= 4 is 11.4 Å². The van der Waals surface area contributed by atoms with Crippen LogP contribution in [0.2, 0.25) is 0 Å². The first-order chi connectivity index (χ1) is 8.58. The van der Waals surface area contributed by atoms with Gasteiger partial charge in [-0.05, 0) is 36.8 Å². The van der Waals surface area contributed by atoms with Crippen molar-refractivity contribution in [3.63, 3.8) is 0 Å². The van der Waals surface area contributed by atoms with Crippen molar-refractivity contribution in [3.8, 4) is 0 Å². The van der Waals surface area contributed by atoms with Gasteiger partial charge in [0.2, 0.25) is 0 Å². The molecule has 100 valence electrons. The van der Waals surface area contributed by atoms with Crippen molar-refractivity contribution in [2.75, 3.05) is 17.6 Å². The van der Waals surface area contributed by atoms with Crippen LogP contribution in [-0.4, -0.2) is 6.54 Å². The van der Waals surface area contributed by atoms with Crippen LogP contribution in [0.3, 0.4) is 0 Å². The number of nitrogens with two attached hydrogens (primary N) is 1. The number of rotatable bonds is 4. The van der Waals surface area contributed by atoms with Gasteiger partial charge in [-0.3, -0.25) is 0 Å². The summed E-state index contributed by atoms with van der Waals surface area (Å²) < 4.78 is 26.8. The van der Waals surface area contributed by atoms with Crippen molar-refractivity contribution in [2.45, 2.75) is 39.0 Å². The molecule has 1 fully saturated rings. The first kappa shape index (κ1) is 13.1. The van der Waals surface area contributed by atoms with Gasteiger partial charge in [0.1, 0.15) is 0 Å². The molecule has 0 bridgehead atoms. The molecule has 0 heterocycles. The highest BCUT2D eigenvalue weighted by Crippen LogP contribution is 2.41. The highest BCUT2D eigenvalue weighted by molar-refractivity contribution is 5.66. The quantitative estimate of drug-likeness (QED) is 0.799. The molecule has 0 radical (unpaired) electrons. The van der Waals surface area contributed by atoms with Gasteiger partial charge >= 0.3 is 0 Å². The van der Waals surface area contributed by atoms with Crippen LogP contribution < -0.4 is 11.1 Å². The maximum absolute atomic E-state index is 13.6. The molecule has 0 amide bonds. The normalized spacial score (nSPS) is 17.9. The average molecular weight is 254 g/mol. The van der Waals surface area contributed by atoms with Crippen molar-refractivity contribution in [1.29, 1.82) is 0 Å². The molecule has 18 heavy (non-hydrogen) atoms. The molecular formula is C14H20F2N2. The molecule has 0 atom stereocenters. The van der Waals surface area contributed by atoms with Crippen LogP contribution in [0.25, 0.3) is 0 Å². The summed E-state index contributed by atoms with van der Waals surface area (Å²) in [5, 5.41) is 3.02.